The second kappa shape index (κ2) is 14.2. The Labute approximate surface area is 215 Å². The number of nitrogens with two attached hydrogens (primary N) is 1. The van der Waals surface area contributed by atoms with Crippen molar-refractivity contribution in [2.75, 3.05) is 19.8 Å². The highest BCUT2D eigenvalue weighted by atomic mass is 16.5. The first-order valence-corrected chi connectivity index (χ1v) is 11.7. The molecule has 0 spiro atoms. The van der Waals surface area contributed by atoms with Crippen molar-refractivity contribution in [2.24, 2.45) is 10.9 Å². The van der Waals surface area contributed by atoms with Crippen molar-refractivity contribution in [2.45, 2.75) is 33.7 Å². The molecule has 0 aliphatic rings. The summed E-state index contributed by atoms with van der Waals surface area (Å²) in [6.07, 6.45) is 3.06. The molecule has 2 aromatic carbocycles. The van der Waals surface area contributed by atoms with Crippen molar-refractivity contribution in [3.05, 3.63) is 70.8 Å². The van der Waals surface area contributed by atoms with Crippen molar-refractivity contribution in [3.63, 3.8) is 0 Å². The van der Waals surface area contributed by atoms with Gasteiger partial charge in [0.05, 0.1) is 25.0 Å². The summed E-state index contributed by atoms with van der Waals surface area (Å²) in [4.78, 5) is 51.0. The van der Waals surface area contributed by atoms with Gasteiger partial charge in [-0.05, 0) is 81.3 Å². The monoisotopic (exact) mass is 509 g/mol. The number of hydrogen-bond donors (Lipinski definition) is 1. The number of rotatable bonds is 11. The zero-order chi connectivity index (χ0) is 27.4. The fourth-order valence-corrected chi connectivity index (χ4v) is 3.25. The molecule has 0 saturated carbocycles. The van der Waals surface area contributed by atoms with Crippen LogP contribution in [0.1, 0.15) is 49.2 Å². The molecule has 0 aliphatic carbocycles. The van der Waals surface area contributed by atoms with Gasteiger partial charge in [-0.3, -0.25) is 9.59 Å². The Morgan fingerprint density at radius 1 is 0.946 bits per heavy atom. The van der Waals surface area contributed by atoms with Crippen LogP contribution in [0.15, 0.2) is 59.2 Å². The Balaban J connectivity index is 2.15. The third-order valence-electron chi connectivity index (χ3n) is 5.14. The molecule has 0 heterocycles. The highest BCUT2D eigenvalue weighted by Gasteiger charge is 2.30. The van der Waals surface area contributed by atoms with Crippen LogP contribution in [-0.4, -0.2) is 60.7 Å². The highest BCUT2D eigenvalue weighted by molar-refractivity contribution is 6.01. The van der Waals surface area contributed by atoms with Crippen LogP contribution in [-0.2, 0) is 23.9 Å². The molecule has 0 fully saturated rings. The largest absolute Gasteiger partial charge is 0.465 e. The van der Waals surface area contributed by atoms with Gasteiger partial charge in [0.15, 0.2) is 0 Å². The molecule has 37 heavy (non-hydrogen) atoms. The molecule has 0 aliphatic heterocycles. The first-order chi connectivity index (χ1) is 17.7. The summed E-state index contributed by atoms with van der Waals surface area (Å²) < 4.78 is 15.3. The van der Waals surface area contributed by atoms with E-state index in [4.69, 9.17) is 20.1 Å². The number of esters is 3. The molecule has 10 heteroatoms. The molecule has 196 valence electrons. The van der Waals surface area contributed by atoms with Gasteiger partial charge in [-0.15, -0.1) is 0 Å². The van der Waals surface area contributed by atoms with Gasteiger partial charge in [0.25, 0.3) is 5.91 Å². The Morgan fingerprint density at radius 3 is 2.11 bits per heavy atom. The van der Waals surface area contributed by atoms with Crippen LogP contribution < -0.4 is 10.6 Å². The number of benzene rings is 2. The third-order valence-corrected chi connectivity index (χ3v) is 5.14. The van der Waals surface area contributed by atoms with Gasteiger partial charge in [-0.2, -0.15) is 5.10 Å². The van der Waals surface area contributed by atoms with Crippen molar-refractivity contribution in [1.82, 2.24) is 4.90 Å². The molecule has 0 aromatic heterocycles. The van der Waals surface area contributed by atoms with Crippen LogP contribution in [0, 0.1) is 0 Å². The second-order valence-corrected chi connectivity index (χ2v) is 7.85. The summed E-state index contributed by atoms with van der Waals surface area (Å²) >= 11 is 0. The molecular formula is C27H31N3O7. The van der Waals surface area contributed by atoms with Crippen molar-refractivity contribution in [3.8, 4) is 5.75 Å². The average molecular weight is 510 g/mol. The average Bonchev–Trinajstić information content (AvgIpc) is 2.88. The lowest BCUT2D eigenvalue weighted by atomic mass is 10.1. The summed E-state index contributed by atoms with van der Waals surface area (Å²) in [7, 11) is 0. The summed E-state index contributed by atoms with van der Waals surface area (Å²) in [6.45, 7) is 6.25. The van der Waals surface area contributed by atoms with Crippen LogP contribution in [0.3, 0.4) is 0 Å². The third kappa shape index (κ3) is 8.60. The molecule has 10 nitrogen and oxygen atoms in total. The van der Waals surface area contributed by atoms with Gasteiger partial charge in [-0.1, -0.05) is 12.1 Å². The Bertz CT molecular complexity index is 1160. The van der Waals surface area contributed by atoms with Crippen LogP contribution in [0.5, 0.6) is 5.75 Å². The number of carbonyl (C=O) groups is 4. The molecule has 2 N–H and O–H groups in total. The lowest BCUT2D eigenvalue weighted by molar-refractivity contribution is -0.157. The first-order valence-electron chi connectivity index (χ1n) is 11.7. The zero-order valence-electron chi connectivity index (χ0n) is 21.3. The molecule has 0 radical (unpaired) electrons. The van der Waals surface area contributed by atoms with E-state index in [1.807, 2.05) is 0 Å². The second-order valence-electron chi connectivity index (χ2n) is 7.85. The molecule has 0 saturated heterocycles. The smallest absolute Gasteiger partial charge is 0.343 e. The molecule has 0 bridgehead atoms. The SMILES string of the molecule is CCOC(=O)CN(C(=O)/C(C)=C/c1ccc(C(=O)Oc2ccc(C=NN)cc2)cc1)[C@H](C)C(=O)OCC. The molecule has 0 unspecified atom stereocenters. The highest BCUT2D eigenvalue weighted by Crippen LogP contribution is 2.16. The quantitative estimate of drug-likeness (QED) is 0.122. The number of hydrazone groups is 1. The number of hydrogen-bond acceptors (Lipinski definition) is 9. The molecular weight excluding hydrogens is 478 g/mol. The van der Waals surface area contributed by atoms with Crippen LogP contribution in [0.2, 0.25) is 0 Å². The van der Waals surface area contributed by atoms with Crippen LogP contribution >= 0.6 is 0 Å². The zero-order valence-corrected chi connectivity index (χ0v) is 21.3. The molecule has 2 aromatic rings. The van der Waals surface area contributed by atoms with E-state index in [2.05, 4.69) is 5.10 Å². The van der Waals surface area contributed by atoms with Gasteiger partial charge in [-0.25, -0.2) is 9.59 Å². The summed E-state index contributed by atoms with van der Waals surface area (Å²) in [5.74, 6) is 3.14. The van der Waals surface area contributed by atoms with Gasteiger partial charge in [0, 0.05) is 5.57 Å². The predicted molar refractivity (Wildman–Crippen MR) is 138 cm³/mol. The van der Waals surface area contributed by atoms with E-state index in [1.165, 1.54) is 13.1 Å². The van der Waals surface area contributed by atoms with Crippen molar-refractivity contribution < 1.29 is 33.4 Å². The topological polar surface area (TPSA) is 138 Å². The normalized spacial score (nSPS) is 12.1. The first kappa shape index (κ1) is 28.8. The van der Waals surface area contributed by atoms with Crippen LogP contribution in [0.25, 0.3) is 6.08 Å². The predicted octanol–water partition coefficient (Wildman–Crippen LogP) is 2.95. The maximum Gasteiger partial charge on any atom is 0.343 e. The van der Waals surface area contributed by atoms with Gasteiger partial charge < -0.3 is 25.0 Å². The van der Waals surface area contributed by atoms with Crippen LogP contribution in [0.4, 0.5) is 0 Å². The van der Waals surface area contributed by atoms with E-state index in [9.17, 15) is 19.2 Å². The Kier molecular flexibility index (Phi) is 11.0. The van der Waals surface area contributed by atoms with Crippen molar-refractivity contribution >= 4 is 36.1 Å². The Morgan fingerprint density at radius 2 is 1.54 bits per heavy atom. The fourth-order valence-electron chi connectivity index (χ4n) is 3.25. The number of ether oxygens (including phenoxy) is 3. The van der Waals surface area contributed by atoms with Gasteiger partial charge in [0.2, 0.25) is 0 Å². The van der Waals surface area contributed by atoms with E-state index >= 15 is 0 Å². The summed E-state index contributed by atoms with van der Waals surface area (Å²) in [5.41, 5.74) is 1.99. The maximum absolute atomic E-state index is 13.1. The van der Waals surface area contributed by atoms with Gasteiger partial charge in [0.1, 0.15) is 18.3 Å². The minimum Gasteiger partial charge on any atom is -0.465 e. The van der Waals surface area contributed by atoms with Gasteiger partial charge >= 0.3 is 17.9 Å². The molecule has 1 atom stereocenters. The van der Waals surface area contributed by atoms with E-state index in [-0.39, 0.29) is 18.8 Å². The van der Waals surface area contributed by atoms with E-state index in [0.29, 0.717) is 16.9 Å². The molecule has 2 rings (SSSR count). The standard InChI is InChI=1S/C27H31N3O7/c1-5-35-24(31)17-30(19(4)26(33)36-6-2)25(32)18(3)15-20-7-11-22(12-8-20)27(34)37-23-13-9-21(10-14-23)16-29-28/h7-16,19H,5-6,17,28H2,1-4H3/b18-15+,29-16?/t19-/m1/s1. The van der Waals surface area contributed by atoms with E-state index in [1.54, 1.807) is 75.4 Å². The summed E-state index contributed by atoms with van der Waals surface area (Å²) in [6, 6.07) is 12.1. The molecule has 1 amide bonds. The number of carbonyl (C=O) groups excluding carboxylic acids is 4. The van der Waals surface area contributed by atoms with E-state index < -0.39 is 36.4 Å². The van der Waals surface area contributed by atoms with E-state index in [0.717, 1.165) is 10.5 Å². The number of amides is 1. The summed E-state index contributed by atoms with van der Waals surface area (Å²) in [5, 5.41) is 3.43. The fraction of sp³-hybridized carbons (Fsp3) is 0.296. The van der Waals surface area contributed by atoms with Crippen molar-refractivity contribution in [1.29, 1.82) is 0 Å². The Hall–Kier alpha value is -4.47. The minimum absolute atomic E-state index is 0.142. The maximum atomic E-state index is 13.1. The number of nitrogens with zero attached hydrogens (tertiary/aromatic N) is 2. The minimum atomic E-state index is -0.992. The lowest BCUT2D eigenvalue weighted by Gasteiger charge is -2.27. The lowest BCUT2D eigenvalue weighted by Crippen LogP contribution is -2.47.